The molecule has 0 unspecified atom stereocenters. The van der Waals surface area contributed by atoms with E-state index in [-0.39, 0.29) is 17.6 Å². The molecule has 26 heavy (non-hydrogen) atoms. The molecule has 2 aromatic heterocycles. The van der Waals surface area contributed by atoms with Crippen LogP contribution in [0.3, 0.4) is 0 Å². The van der Waals surface area contributed by atoms with Gasteiger partial charge < -0.3 is 11.1 Å². The van der Waals surface area contributed by atoms with Crippen LogP contribution in [0.1, 0.15) is 38.8 Å². The summed E-state index contributed by atoms with van der Waals surface area (Å²) in [7, 11) is 0. The van der Waals surface area contributed by atoms with Crippen LogP contribution < -0.4 is 11.1 Å². The lowest BCUT2D eigenvalue weighted by Crippen LogP contribution is -2.29. The molecule has 3 rings (SSSR count). The first-order chi connectivity index (χ1) is 12.6. The molecule has 0 saturated heterocycles. The molecular weight excluding hydrogens is 328 g/mol. The van der Waals surface area contributed by atoms with Gasteiger partial charge in [0.1, 0.15) is 0 Å². The zero-order chi connectivity index (χ0) is 18.5. The number of benzene rings is 1. The van der Waals surface area contributed by atoms with Crippen molar-refractivity contribution in [1.29, 1.82) is 0 Å². The molecule has 0 aliphatic heterocycles. The topological polar surface area (TPSA) is 98.7 Å². The summed E-state index contributed by atoms with van der Waals surface area (Å²) in [5.41, 5.74) is 10.0. The minimum atomic E-state index is -0.324. The van der Waals surface area contributed by atoms with Crippen molar-refractivity contribution in [2.45, 2.75) is 26.4 Å². The lowest BCUT2D eigenvalue weighted by molar-refractivity contribution is 0.0937. The minimum absolute atomic E-state index is 0.260. The number of aromatic nitrogens is 4. The molecule has 1 aromatic carbocycles. The fraction of sp³-hybridized carbons (Fsp3) is 0.263. The first-order valence-electron chi connectivity index (χ1n) is 8.46. The second-order valence-corrected chi connectivity index (χ2v) is 6.19. The smallest absolute Gasteiger partial charge is 0.274 e. The summed E-state index contributed by atoms with van der Waals surface area (Å²) < 4.78 is 1.56. The Labute approximate surface area is 152 Å². The highest BCUT2D eigenvalue weighted by atomic mass is 16.2. The quantitative estimate of drug-likeness (QED) is 0.706. The second kappa shape index (κ2) is 7.88. The van der Waals surface area contributed by atoms with Gasteiger partial charge in [-0.3, -0.25) is 14.5 Å². The summed E-state index contributed by atoms with van der Waals surface area (Å²) >= 11 is 0. The Morgan fingerprint density at radius 1 is 1.23 bits per heavy atom. The summed E-state index contributed by atoms with van der Waals surface area (Å²) in [6.45, 7) is 5.07. The fourth-order valence-electron chi connectivity index (χ4n) is 2.70. The average molecular weight is 350 g/mol. The Hall–Kier alpha value is -3.06. The van der Waals surface area contributed by atoms with Crippen molar-refractivity contribution in [2.24, 2.45) is 5.73 Å². The Morgan fingerprint density at radius 3 is 2.77 bits per heavy atom. The number of carbonyl (C=O) groups is 1. The van der Waals surface area contributed by atoms with Crippen LogP contribution >= 0.6 is 0 Å². The molecule has 134 valence electrons. The van der Waals surface area contributed by atoms with Crippen LogP contribution in [0.4, 0.5) is 0 Å². The number of rotatable bonds is 6. The van der Waals surface area contributed by atoms with Gasteiger partial charge in [-0.05, 0) is 42.2 Å². The highest BCUT2D eigenvalue weighted by Gasteiger charge is 2.20. The van der Waals surface area contributed by atoms with Crippen LogP contribution in [0.25, 0.3) is 0 Å². The predicted octanol–water partition coefficient (Wildman–Crippen LogP) is 1.77. The lowest BCUT2D eigenvalue weighted by atomic mass is 9.96. The van der Waals surface area contributed by atoms with Crippen LogP contribution in [-0.2, 0) is 6.54 Å². The predicted molar refractivity (Wildman–Crippen MR) is 98.5 cm³/mol. The highest BCUT2D eigenvalue weighted by Crippen LogP contribution is 2.24. The third-order valence-corrected chi connectivity index (χ3v) is 4.29. The molecule has 0 fully saturated rings. The summed E-state index contributed by atoms with van der Waals surface area (Å²) in [4.78, 5) is 16.9. The standard InChI is InChI=1S/C19H22N6O/c1-13-5-6-15(10-14(13)2)18(16-4-3-8-21-11-16)22-19(26)17-12-25(9-7-20)24-23-17/h3-6,8,10-12,18H,7,9,20H2,1-2H3,(H,22,26)/t18-/m0/s1. The minimum Gasteiger partial charge on any atom is -0.340 e. The summed E-state index contributed by atoms with van der Waals surface area (Å²) in [6, 6.07) is 9.63. The van der Waals surface area contributed by atoms with Gasteiger partial charge in [-0.25, -0.2) is 0 Å². The maximum Gasteiger partial charge on any atom is 0.274 e. The van der Waals surface area contributed by atoms with Gasteiger partial charge in [0, 0.05) is 18.9 Å². The van der Waals surface area contributed by atoms with E-state index in [9.17, 15) is 4.79 Å². The normalized spacial score (nSPS) is 12.0. The number of hydrogen-bond acceptors (Lipinski definition) is 5. The van der Waals surface area contributed by atoms with E-state index < -0.39 is 0 Å². The third kappa shape index (κ3) is 3.94. The van der Waals surface area contributed by atoms with Gasteiger partial charge in [0.2, 0.25) is 0 Å². The average Bonchev–Trinajstić information content (AvgIpc) is 3.12. The van der Waals surface area contributed by atoms with E-state index in [1.165, 1.54) is 11.1 Å². The van der Waals surface area contributed by atoms with Gasteiger partial charge in [-0.15, -0.1) is 5.10 Å². The summed E-state index contributed by atoms with van der Waals surface area (Å²) in [5, 5.41) is 10.9. The van der Waals surface area contributed by atoms with E-state index >= 15 is 0 Å². The first-order valence-corrected chi connectivity index (χ1v) is 8.46. The number of pyridine rings is 1. The molecular formula is C19H22N6O. The van der Waals surface area contributed by atoms with Crippen molar-refractivity contribution in [3.8, 4) is 0 Å². The molecule has 0 aliphatic carbocycles. The number of aryl methyl sites for hydroxylation is 2. The summed E-state index contributed by atoms with van der Waals surface area (Å²) in [5.74, 6) is -0.291. The van der Waals surface area contributed by atoms with Gasteiger partial charge in [0.15, 0.2) is 5.69 Å². The Bertz CT molecular complexity index is 890. The molecule has 0 bridgehead atoms. The zero-order valence-corrected chi connectivity index (χ0v) is 14.9. The number of amides is 1. The monoisotopic (exact) mass is 350 g/mol. The van der Waals surface area contributed by atoms with E-state index in [1.54, 1.807) is 23.3 Å². The molecule has 1 atom stereocenters. The number of nitrogens with one attached hydrogen (secondary N) is 1. The molecule has 1 amide bonds. The van der Waals surface area contributed by atoms with Gasteiger partial charge in [0.25, 0.3) is 5.91 Å². The maximum atomic E-state index is 12.7. The van der Waals surface area contributed by atoms with E-state index in [4.69, 9.17) is 5.73 Å². The molecule has 7 nitrogen and oxygen atoms in total. The Kier molecular flexibility index (Phi) is 5.38. The Balaban J connectivity index is 1.90. The maximum absolute atomic E-state index is 12.7. The van der Waals surface area contributed by atoms with Crippen LogP contribution in [0.2, 0.25) is 0 Å². The van der Waals surface area contributed by atoms with Crippen LogP contribution in [0.5, 0.6) is 0 Å². The van der Waals surface area contributed by atoms with Crippen molar-refractivity contribution in [1.82, 2.24) is 25.3 Å². The van der Waals surface area contributed by atoms with Gasteiger partial charge in [0.05, 0.1) is 18.8 Å². The van der Waals surface area contributed by atoms with Crippen LogP contribution in [-0.4, -0.2) is 32.4 Å². The molecule has 0 aliphatic rings. The van der Waals surface area contributed by atoms with Gasteiger partial charge in [-0.1, -0.05) is 29.5 Å². The number of nitrogens with two attached hydrogens (primary N) is 1. The van der Waals surface area contributed by atoms with Crippen molar-refractivity contribution in [3.05, 3.63) is 76.9 Å². The molecule has 3 aromatic rings. The highest BCUT2D eigenvalue weighted by molar-refractivity contribution is 5.92. The van der Waals surface area contributed by atoms with E-state index in [2.05, 4.69) is 46.6 Å². The third-order valence-electron chi connectivity index (χ3n) is 4.29. The van der Waals surface area contributed by atoms with Gasteiger partial charge >= 0.3 is 0 Å². The van der Waals surface area contributed by atoms with Gasteiger partial charge in [-0.2, -0.15) is 0 Å². The van der Waals surface area contributed by atoms with E-state index in [1.807, 2.05) is 18.2 Å². The number of hydrogen-bond donors (Lipinski definition) is 2. The number of nitrogens with zero attached hydrogens (tertiary/aromatic N) is 4. The molecule has 0 saturated carbocycles. The summed E-state index contributed by atoms with van der Waals surface area (Å²) in [6.07, 6.45) is 5.06. The number of carbonyl (C=O) groups excluding carboxylic acids is 1. The van der Waals surface area contributed by atoms with Crippen molar-refractivity contribution >= 4 is 5.91 Å². The largest absolute Gasteiger partial charge is 0.340 e. The lowest BCUT2D eigenvalue weighted by Gasteiger charge is -2.20. The fourth-order valence-corrected chi connectivity index (χ4v) is 2.70. The van der Waals surface area contributed by atoms with Crippen molar-refractivity contribution in [2.75, 3.05) is 6.54 Å². The zero-order valence-electron chi connectivity index (χ0n) is 14.9. The molecule has 0 spiro atoms. The molecule has 7 heteroatoms. The SMILES string of the molecule is Cc1ccc([C@H](NC(=O)c2cn(CCN)nn2)c2cccnc2)cc1C. The van der Waals surface area contributed by atoms with Crippen LogP contribution in [0, 0.1) is 13.8 Å². The van der Waals surface area contributed by atoms with E-state index in [0.717, 1.165) is 11.1 Å². The molecule has 3 N–H and O–H groups in total. The second-order valence-electron chi connectivity index (χ2n) is 6.19. The molecule has 2 heterocycles. The molecule has 0 radical (unpaired) electrons. The van der Waals surface area contributed by atoms with Crippen LogP contribution in [0.15, 0.2) is 48.9 Å². The van der Waals surface area contributed by atoms with E-state index in [0.29, 0.717) is 13.1 Å². The Morgan fingerprint density at radius 2 is 2.08 bits per heavy atom. The first kappa shape index (κ1) is 17.8. The van der Waals surface area contributed by atoms with Crippen molar-refractivity contribution < 1.29 is 4.79 Å². The van der Waals surface area contributed by atoms with Crippen molar-refractivity contribution in [3.63, 3.8) is 0 Å².